The summed E-state index contributed by atoms with van der Waals surface area (Å²) in [5.41, 5.74) is 0.848. The summed E-state index contributed by atoms with van der Waals surface area (Å²) in [5.74, 6) is 1.54. The molecule has 0 aromatic heterocycles. The van der Waals surface area contributed by atoms with Crippen LogP contribution in [0.1, 0.15) is 38.4 Å². The van der Waals surface area contributed by atoms with E-state index >= 15 is 0 Å². The second kappa shape index (κ2) is 9.75. The fraction of sp³-hybridized carbons (Fsp3) is 0.667. The average molecular weight is 322 g/mol. The highest BCUT2D eigenvalue weighted by Gasteiger charge is 2.19. The van der Waals surface area contributed by atoms with Crippen LogP contribution in [0.15, 0.2) is 18.2 Å². The van der Waals surface area contributed by atoms with Crippen LogP contribution < -0.4 is 14.8 Å². The largest absolute Gasteiger partial charge is 0.493 e. The van der Waals surface area contributed by atoms with Crippen LogP contribution in [0.5, 0.6) is 11.5 Å². The van der Waals surface area contributed by atoms with Gasteiger partial charge in [-0.25, -0.2) is 0 Å². The lowest BCUT2D eigenvalue weighted by Gasteiger charge is -2.29. The molecule has 130 valence electrons. The fourth-order valence-electron chi connectivity index (χ4n) is 2.67. The van der Waals surface area contributed by atoms with Crippen molar-refractivity contribution in [1.82, 2.24) is 10.2 Å². The number of piperazine rings is 1. The first-order valence-electron chi connectivity index (χ1n) is 8.75. The molecule has 1 heterocycles. The molecular formula is C18H30N2O3. The highest BCUT2D eigenvalue weighted by Crippen LogP contribution is 2.30. The Balaban J connectivity index is 2.07. The number of nitrogens with zero attached hydrogens (tertiary/aromatic N) is 1. The van der Waals surface area contributed by atoms with Crippen LogP contribution in [0.4, 0.5) is 0 Å². The van der Waals surface area contributed by atoms with Gasteiger partial charge in [0.1, 0.15) is 11.5 Å². The minimum absolute atomic E-state index is 0.541. The molecular weight excluding hydrogens is 292 g/mol. The van der Waals surface area contributed by atoms with E-state index in [1.165, 1.54) is 0 Å². The molecule has 1 aromatic carbocycles. The van der Waals surface area contributed by atoms with Crippen LogP contribution in [0.25, 0.3) is 0 Å². The summed E-state index contributed by atoms with van der Waals surface area (Å²) < 4.78 is 11.5. The Bertz CT molecular complexity index is 462. The van der Waals surface area contributed by atoms with Crippen LogP contribution in [0, 0.1) is 0 Å². The third-order valence-corrected chi connectivity index (χ3v) is 3.92. The molecule has 0 spiro atoms. The predicted octanol–water partition coefficient (Wildman–Crippen LogP) is 2.20. The van der Waals surface area contributed by atoms with Crippen LogP contribution in [0.3, 0.4) is 0 Å². The SMILES string of the molecule is CCCOc1ccc(C(O)CN2CCNCC2)c(OCCC)c1. The molecule has 0 saturated carbocycles. The number of ether oxygens (including phenoxy) is 2. The lowest BCUT2D eigenvalue weighted by molar-refractivity contribution is 0.102. The highest BCUT2D eigenvalue weighted by atomic mass is 16.5. The molecule has 1 aromatic rings. The molecule has 1 atom stereocenters. The Morgan fingerprint density at radius 3 is 2.52 bits per heavy atom. The van der Waals surface area contributed by atoms with E-state index in [9.17, 15) is 5.11 Å². The van der Waals surface area contributed by atoms with Crippen molar-refractivity contribution in [2.45, 2.75) is 32.8 Å². The van der Waals surface area contributed by atoms with Gasteiger partial charge in [-0.15, -0.1) is 0 Å². The maximum atomic E-state index is 10.6. The summed E-state index contributed by atoms with van der Waals surface area (Å²) in [6, 6.07) is 5.76. The fourth-order valence-corrected chi connectivity index (χ4v) is 2.67. The highest BCUT2D eigenvalue weighted by molar-refractivity contribution is 5.42. The standard InChI is InChI=1S/C18H30N2O3/c1-3-11-22-15-5-6-16(18(13-15)23-12-4-2)17(21)14-20-9-7-19-8-10-20/h5-6,13,17,19,21H,3-4,7-12,14H2,1-2H3. The molecule has 1 saturated heterocycles. The number of β-amino-alcohol motifs (C(OH)–C–C–N with tert-alkyl or cyclic N) is 1. The molecule has 0 aliphatic carbocycles. The number of hydrogen-bond donors (Lipinski definition) is 2. The van der Waals surface area contributed by atoms with E-state index in [4.69, 9.17) is 9.47 Å². The quantitative estimate of drug-likeness (QED) is 0.730. The number of hydrogen-bond acceptors (Lipinski definition) is 5. The zero-order chi connectivity index (χ0) is 16.5. The predicted molar refractivity (Wildman–Crippen MR) is 92.3 cm³/mol. The summed E-state index contributed by atoms with van der Waals surface area (Å²) in [4.78, 5) is 2.28. The second-order valence-corrected chi connectivity index (χ2v) is 5.96. The minimum Gasteiger partial charge on any atom is -0.493 e. The molecule has 0 radical (unpaired) electrons. The first kappa shape index (κ1) is 18.0. The monoisotopic (exact) mass is 322 g/mol. The van der Waals surface area contributed by atoms with Gasteiger partial charge in [0, 0.05) is 44.4 Å². The van der Waals surface area contributed by atoms with Crippen LogP contribution >= 0.6 is 0 Å². The van der Waals surface area contributed by atoms with Crippen molar-refractivity contribution < 1.29 is 14.6 Å². The Hall–Kier alpha value is -1.30. The van der Waals surface area contributed by atoms with Crippen molar-refractivity contribution >= 4 is 0 Å². The molecule has 1 aliphatic heterocycles. The summed E-state index contributed by atoms with van der Waals surface area (Å²) in [7, 11) is 0. The Morgan fingerprint density at radius 2 is 1.83 bits per heavy atom. The first-order valence-corrected chi connectivity index (χ1v) is 8.75. The second-order valence-electron chi connectivity index (χ2n) is 5.96. The Morgan fingerprint density at radius 1 is 1.13 bits per heavy atom. The number of aliphatic hydroxyl groups is 1. The summed E-state index contributed by atoms with van der Waals surface area (Å²) in [6.45, 7) is 10.0. The molecule has 1 unspecified atom stereocenters. The minimum atomic E-state index is -0.541. The molecule has 0 amide bonds. The van der Waals surface area contributed by atoms with Crippen LogP contribution in [-0.2, 0) is 0 Å². The van der Waals surface area contributed by atoms with Crippen molar-refractivity contribution in [3.05, 3.63) is 23.8 Å². The van der Waals surface area contributed by atoms with Gasteiger partial charge in [0.25, 0.3) is 0 Å². The third kappa shape index (κ3) is 5.68. The molecule has 2 rings (SSSR count). The van der Waals surface area contributed by atoms with Gasteiger partial charge in [-0.05, 0) is 25.0 Å². The van der Waals surface area contributed by atoms with Gasteiger partial charge in [0.15, 0.2) is 0 Å². The molecule has 1 aliphatic rings. The Kier molecular flexibility index (Phi) is 7.65. The molecule has 2 N–H and O–H groups in total. The number of benzene rings is 1. The van der Waals surface area contributed by atoms with Crippen LogP contribution in [0.2, 0.25) is 0 Å². The third-order valence-electron chi connectivity index (χ3n) is 3.92. The van der Waals surface area contributed by atoms with E-state index in [-0.39, 0.29) is 0 Å². The molecule has 1 fully saturated rings. The van der Waals surface area contributed by atoms with E-state index in [1.807, 2.05) is 18.2 Å². The normalized spacial score (nSPS) is 17.0. The van der Waals surface area contributed by atoms with Gasteiger partial charge in [-0.3, -0.25) is 4.90 Å². The summed E-state index contributed by atoms with van der Waals surface area (Å²) in [6.07, 6.45) is 1.37. The molecule has 5 nitrogen and oxygen atoms in total. The maximum Gasteiger partial charge on any atom is 0.128 e. The molecule has 23 heavy (non-hydrogen) atoms. The lowest BCUT2D eigenvalue weighted by atomic mass is 10.1. The van der Waals surface area contributed by atoms with E-state index in [1.54, 1.807) is 0 Å². The smallest absolute Gasteiger partial charge is 0.128 e. The molecule has 0 bridgehead atoms. The number of nitrogens with one attached hydrogen (secondary N) is 1. The Labute approximate surface area is 139 Å². The van der Waals surface area contributed by atoms with Gasteiger partial charge < -0.3 is 19.9 Å². The van der Waals surface area contributed by atoms with E-state index < -0.39 is 6.10 Å². The zero-order valence-corrected chi connectivity index (χ0v) is 14.4. The molecule has 5 heteroatoms. The topological polar surface area (TPSA) is 54.0 Å². The number of aliphatic hydroxyl groups excluding tert-OH is 1. The van der Waals surface area contributed by atoms with Crippen molar-refractivity contribution in [1.29, 1.82) is 0 Å². The number of rotatable bonds is 9. The summed E-state index contributed by atoms with van der Waals surface area (Å²) >= 11 is 0. The van der Waals surface area contributed by atoms with Crippen molar-refractivity contribution in [2.24, 2.45) is 0 Å². The van der Waals surface area contributed by atoms with Gasteiger partial charge in [-0.2, -0.15) is 0 Å². The van der Waals surface area contributed by atoms with E-state index in [0.29, 0.717) is 19.8 Å². The van der Waals surface area contributed by atoms with E-state index in [0.717, 1.165) is 56.1 Å². The van der Waals surface area contributed by atoms with Gasteiger partial charge in [-0.1, -0.05) is 13.8 Å². The van der Waals surface area contributed by atoms with Gasteiger partial charge >= 0.3 is 0 Å². The van der Waals surface area contributed by atoms with Gasteiger partial charge in [0.2, 0.25) is 0 Å². The van der Waals surface area contributed by atoms with Crippen LogP contribution in [-0.4, -0.2) is 55.9 Å². The van der Waals surface area contributed by atoms with Crippen molar-refractivity contribution in [3.63, 3.8) is 0 Å². The maximum absolute atomic E-state index is 10.6. The van der Waals surface area contributed by atoms with E-state index in [2.05, 4.69) is 24.1 Å². The summed E-state index contributed by atoms with van der Waals surface area (Å²) in [5, 5.41) is 14.0. The lowest BCUT2D eigenvalue weighted by Crippen LogP contribution is -2.45. The van der Waals surface area contributed by atoms with Crippen molar-refractivity contribution in [3.8, 4) is 11.5 Å². The zero-order valence-electron chi connectivity index (χ0n) is 14.4. The average Bonchev–Trinajstić information content (AvgIpc) is 2.59. The van der Waals surface area contributed by atoms with Crippen molar-refractivity contribution in [2.75, 3.05) is 45.9 Å². The van der Waals surface area contributed by atoms with Gasteiger partial charge in [0.05, 0.1) is 19.3 Å². The first-order chi connectivity index (χ1) is 11.2.